The third kappa shape index (κ3) is 29.7. The van der Waals surface area contributed by atoms with Crippen molar-refractivity contribution in [3.05, 3.63) is 29.8 Å². The van der Waals surface area contributed by atoms with E-state index in [-0.39, 0.29) is 82.0 Å². The molecule has 550 valence electrons. The van der Waals surface area contributed by atoms with E-state index >= 15 is 0 Å². The van der Waals surface area contributed by atoms with Crippen molar-refractivity contribution in [1.82, 2.24) is 63.4 Å². The number of unbranched alkanes of at least 4 members (excludes halogenated alkanes) is 1. The van der Waals surface area contributed by atoms with Gasteiger partial charge in [0.05, 0.1) is 25.3 Å². The van der Waals surface area contributed by atoms with E-state index in [2.05, 4.69) is 58.5 Å². The fraction of sp³-hybridized carbons (Fsp3) is 0.667. The Hall–Kier alpha value is -9.09. The number of aromatic hydroxyl groups is 1. The topological polar surface area (TPSA) is 577 Å². The molecule has 2 rings (SSSR count). The summed E-state index contributed by atoms with van der Waals surface area (Å²) in [5, 5.41) is 67.1. The molecule has 35 nitrogen and oxygen atoms in total. The lowest BCUT2D eigenvalue weighted by molar-refractivity contribution is -0.145. The molecule has 1 saturated heterocycles. The molecular weight excluding hydrogens is 1280 g/mol. The summed E-state index contributed by atoms with van der Waals surface area (Å²) in [7, 11) is 0. The number of nitrogens with two attached hydrogens (primary N) is 4. The number of rotatable bonds is 44. The lowest BCUT2D eigenvalue weighted by atomic mass is 9.95. The molecule has 0 unspecified atom stereocenters. The largest absolute Gasteiger partial charge is 0.508 e. The number of likely N-dealkylation sites (tertiary alicyclic amines) is 1. The van der Waals surface area contributed by atoms with Gasteiger partial charge in [0.1, 0.15) is 66.2 Å². The zero-order valence-corrected chi connectivity index (χ0v) is 57.2. The van der Waals surface area contributed by atoms with E-state index < -0.39 is 199 Å². The lowest BCUT2D eigenvalue weighted by Gasteiger charge is -2.31. The molecule has 1 aliphatic heterocycles. The van der Waals surface area contributed by atoms with Crippen molar-refractivity contribution >= 4 is 88.7 Å². The molecule has 1 heterocycles. The zero-order valence-electron chi connectivity index (χ0n) is 57.2. The van der Waals surface area contributed by atoms with Crippen molar-refractivity contribution in [2.75, 3.05) is 26.2 Å². The fourth-order valence-electron chi connectivity index (χ4n) is 10.2. The summed E-state index contributed by atoms with van der Waals surface area (Å²) in [5.74, 6) is -15.0. The maximum Gasteiger partial charge on any atom is 0.328 e. The van der Waals surface area contributed by atoms with Crippen LogP contribution in [0.3, 0.4) is 0 Å². The Morgan fingerprint density at radius 1 is 0.561 bits per heavy atom. The molecule has 14 amide bonds. The number of phenols is 1. The van der Waals surface area contributed by atoms with Gasteiger partial charge in [0.25, 0.3) is 0 Å². The van der Waals surface area contributed by atoms with E-state index in [4.69, 9.17) is 22.9 Å². The number of hydrogen-bond donors (Lipinski definition) is 19. The number of hydrogen-bond acceptors (Lipinski definition) is 20. The van der Waals surface area contributed by atoms with Gasteiger partial charge in [-0.2, -0.15) is 0 Å². The Balaban J connectivity index is 2.39. The maximum atomic E-state index is 14.5. The number of aliphatic hydroxyl groups is 2. The van der Waals surface area contributed by atoms with Crippen LogP contribution in [0.15, 0.2) is 24.3 Å². The highest BCUT2D eigenvalue weighted by atomic mass is 16.4. The number of carbonyl (C=O) groups excluding carboxylic acids is 14. The number of carboxylic acid groups (broad SMARTS) is 1. The standard InChI is InChI=1S/C63H104N16O19/c1-10-33(6)50(61(95)75-44(28-37-16-18-38(82)19-17-37)57(91)70-34(7)52(86)69-35(8)53(87)78-51(36(9)81)63(97)98)77-59(93)43(27-32(4)5)74-58(92)42(26-31(2)3)73-56(90)41(21-23-48(67)84)72-60(94)46-15-13-25-79(46)62(96)45(30-80)76-55(89)40(14-11-12-24-64)71-49(85)29-68-54(88)39(65)20-22-47(66)83/h16-19,31-36,39-46,50-51,80-82H,10-15,20-30,64-65H2,1-9H3,(H2,66,83)(H2,67,84)(H,68,88)(H,69,86)(H,70,91)(H,71,85)(H,72,94)(H,73,90)(H,74,92)(H,75,95)(H,76,89)(H,77,93)(H,78,87)(H,97,98)/t33-,34-,35-,36+,39-,40-,41-,42-,43-,44-,45-,46-,50-,51-/m0/s1. The van der Waals surface area contributed by atoms with Crippen LogP contribution in [0.2, 0.25) is 0 Å². The van der Waals surface area contributed by atoms with E-state index in [9.17, 15) is 92.3 Å². The molecule has 0 aromatic heterocycles. The van der Waals surface area contributed by atoms with Gasteiger partial charge in [0.15, 0.2) is 6.04 Å². The Labute approximate surface area is 569 Å². The fourth-order valence-corrected chi connectivity index (χ4v) is 10.2. The minimum absolute atomic E-state index is 0.0105. The van der Waals surface area contributed by atoms with Gasteiger partial charge in [-0.15, -0.1) is 0 Å². The first-order chi connectivity index (χ1) is 45.9. The molecule has 1 fully saturated rings. The quantitative estimate of drug-likeness (QED) is 0.0271. The van der Waals surface area contributed by atoms with E-state index in [0.717, 1.165) is 11.8 Å². The van der Waals surface area contributed by atoms with Crippen molar-refractivity contribution < 1.29 is 92.3 Å². The van der Waals surface area contributed by atoms with Crippen LogP contribution in [0.4, 0.5) is 0 Å². The second-order valence-electron chi connectivity index (χ2n) is 25.4. The number of benzene rings is 1. The normalized spacial score (nSPS) is 16.8. The van der Waals surface area contributed by atoms with Crippen LogP contribution in [0.25, 0.3) is 0 Å². The van der Waals surface area contributed by atoms with Gasteiger partial charge in [0.2, 0.25) is 82.7 Å². The van der Waals surface area contributed by atoms with Crippen LogP contribution in [0.1, 0.15) is 145 Å². The monoisotopic (exact) mass is 1390 g/mol. The molecular formula is C63H104N16O19. The van der Waals surface area contributed by atoms with Gasteiger partial charge < -0.3 is 107 Å². The SMILES string of the molecule is CC[C@H](C)[C@H](NC(=O)[C@H](CC(C)C)NC(=O)[C@H](CC(C)C)NC(=O)[C@H](CCC(N)=O)NC(=O)[C@@H]1CCCN1C(=O)[C@H](CO)NC(=O)[C@H](CCCCN)NC(=O)CNC(=O)[C@@H](N)CCC(N)=O)C(=O)N[C@@H](Cc1ccc(O)cc1)C(=O)N[C@@H](C)C(=O)N[C@@H](C)C(=O)N[C@H](C(=O)O)[C@@H](C)O. The molecule has 1 aliphatic rings. The van der Waals surface area contributed by atoms with E-state index in [1.807, 2.05) is 0 Å². The average molecular weight is 1390 g/mol. The smallest absolute Gasteiger partial charge is 0.328 e. The van der Waals surface area contributed by atoms with Crippen LogP contribution in [0.5, 0.6) is 5.75 Å². The van der Waals surface area contributed by atoms with Crippen molar-refractivity contribution in [2.24, 2.45) is 40.7 Å². The van der Waals surface area contributed by atoms with Gasteiger partial charge in [0, 0.05) is 25.8 Å². The number of aliphatic carboxylic acids is 1. The van der Waals surface area contributed by atoms with E-state index in [1.54, 1.807) is 41.5 Å². The third-order valence-electron chi connectivity index (χ3n) is 16.0. The first kappa shape index (κ1) is 85.0. The predicted octanol–water partition coefficient (Wildman–Crippen LogP) is -5.49. The van der Waals surface area contributed by atoms with E-state index in [0.29, 0.717) is 24.8 Å². The Bertz CT molecular complexity index is 2920. The Morgan fingerprint density at radius 3 is 1.55 bits per heavy atom. The van der Waals surface area contributed by atoms with Crippen LogP contribution in [0, 0.1) is 17.8 Å². The van der Waals surface area contributed by atoms with Crippen molar-refractivity contribution in [1.29, 1.82) is 0 Å². The number of amides is 14. The number of nitrogens with zero attached hydrogens (tertiary/aromatic N) is 1. The summed E-state index contributed by atoms with van der Waals surface area (Å²) in [6, 6.07) is -11.4. The summed E-state index contributed by atoms with van der Waals surface area (Å²) in [6.45, 7) is 12.6. The van der Waals surface area contributed by atoms with Gasteiger partial charge in [-0.25, -0.2) is 4.79 Å². The summed E-state index contributed by atoms with van der Waals surface area (Å²) in [6.07, 6.45) is -1.53. The van der Waals surface area contributed by atoms with Crippen molar-refractivity contribution in [3.63, 3.8) is 0 Å². The molecule has 0 aliphatic carbocycles. The summed E-state index contributed by atoms with van der Waals surface area (Å²) in [5.41, 5.74) is 22.5. The highest BCUT2D eigenvalue weighted by Crippen LogP contribution is 2.21. The minimum atomic E-state index is -1.69. The number of phenolic OH excluding ortho intramolecular Hbond substituents is 1. The zero-order chi connectivity index (χ0) is 74.3. The number of aliphatic hydroxyl groups excluding tert-OH is 2. The molecule has 23 N–H and O–H groups in total. The molecule has 14 atom stereocenters. The molecule has 0 saturated carbocycles. The predicted molar refractivity (Wildman–Crippen MR) is 353 cm³/mol. The van der Waals surface area contributed by atoms with E-state index in [1.165, 1.54) is 38.1 Å². The maximum absolute atomic E-state index is 14.5. The van der Waals surface area contributed by atoms with Gasteiger partial charge in [-0.1, -0.05) is 60.1 Å². The van der Waals surface area contributed by atoms with Crippen LogP contribution in [-0.4, -0.2) is 219 Å². The number of carbonyl (C=O) groups is 15. The van der Waals surface area contributed by atoms with Crippen LogP contribution < -0.4 is 81.4 Å². The van der Waals surface area contributed by atoms with Gasteiger partial charge in [-0.05, 0) is 121 Å². The third-order valence-corrected chi connectivity index (χ3v) is 16.0. The molecule has 1 aromatic carbocycles. The number of carboxylic acids is 1. The highest BCUT2D eigenvalue weighted by Gasteiger charge is 2.41. The molecule has 1 aromatic rings. The Morgan fingerprint density at radius 2 is 1.04 bits per heavy atom. The summed E-state index contributed by atoms with van der Waals surface area (Å²) < 4.78 is 0. The second-order valence-corrected chi connectivity index (χ2v) is 25.4. The van der Waals surface area contributed by atoms with Crippen molar-refractivity contribution in [3.8, 4) is 5.75 Å². The average Bonchev–Trinajstić information content (AvgIpc) is 1.51. The van der Waals surface area contributed by atoms with Crippen molar-refractivity contribution in [2.45, 2.75) is 224 Å². The minimum Gasteiger partial charge on any atom is -0.508 e. The lowest BCUT2D eigenvalue weighted by Crippen LogP contribution is -2.61. The highest BCUT2D eigenvalue weighted by molar-refractivity contribution is 6.00. The van der Waals surface area contributed by atoms with Crippen LogP contribution >= 0.6 is 0 Å². The Kier molecular flexibility index (Phi) is 36.9. The first-order valence-electron chi connectivity index (χ1n) is 32.9. The summed E-state index contributed by atoms with van der Waals surface area (Å²) >= 11 is 0. The van der Waals surface area contributed by atoms with Gasteiger partial charge in [-0.3, -0.25) is 67.1 Å². The number of nitrogens with one attached hydrogen (secondary N) is 11. The second kappa shape index (κ2) is 42.6. The molecule has 0 bridgehead atoms. The first-order valence-corrected chi connectivity index (χ1v) is 32.9. The van der Waals surface area contributed by atoms with Crippen LogP contribution in [-0.2, 0) is 78.3 Å². The molecule has 35 heteroatoms. The molecule has 0 spiro atoms. The molecule has 0 radical (unpaired) electrons. The van der Waals surface area contributed by atoms with Gasteiger partial charge >= 0.3 is 5.97 Å². The summed E-state index contributed by atoms with van der Waals surface area (Å²) in [4.78, 5) is 201. The molecule has 98 heavy (non-hydrogen) atoms. The number of primary amides is 2.